The minimum atomic E-state index is -1.12. The molecule has 2 aliphatic rings. The fourth-order valence-electron chi connectivity index (χ4n) is 4.74. The number of hydrogen-bond donors (Lipinski definition) is 3. The van der Waals surface area contributed by atoms with Gasteiger partial charge in [-0.25, -0.2) is 4.98 Å². The summed E-state index contributed by atoms with van der Waals surface area (Å²) in [5, 5.41) is 27.9. The molecular formula is C27H27N5O3. The van der Waals surface area contributed by atoms with Crippen LogP contribution in [0.4, 0.5) is 0 Å². The second kappa shape index (κ2) is 9.10. The van der Waals surface area contributed by atoms with Gasteiger partial charge in [-0.2, -0.15) is 5.26 Å². The van der Waals surface area contributed by atoms with E-state index in [0.29, 0.717) is 67.5 Å². The van der Waals surface area contributed by atoms with Crippen LogP contribution in [0.15, 0.2) is 42.5 Å². The Labute approximate surface area is 203 Å². The molecule has 3 heterocycles. The predicted octanol–water partition coefficient (Wildman–Crippen LogP) is 3.49. The second-order valence-corrected chi connectivity index (χ2v) is 9.31. The van der Waals surface area contributed by atoms with Crippen LogP contribution in [0.25, 0.3) is 11.3 Å². The van der Waals surface area contributed by atoms with Crippen molar-refractivity contribution >= 4 is 12.1 Å². The number of carbonyl (C=O) groups is 1. The zero-order valence-corrected chi connectivity index (χ0v) is 19.5. The maximum absolute atomic E-state index is 13.2. The van der Waals surface area contributed by atoms with Crippen LogP contribution in [0.1, 0.15) is 57.3 Å². The molecule has 8 nitrogen and oxygen atoms in total. The number of H-pyrrole nitrogens is 1. The van der Waals surface area contributed by atoms with Crippen LogP contribution < -0.4 is 0 Å². The number of carbonyl (C=O) groups excluding carboxylic acids is 1. The van der Waals surface area contributed by atoms with Crippen LogP contribution >= 0.6 is 0 Å². The predicted molar refractivity (Wildman–Crippen MR) is 130 cm³/mol. The van der Waals surface area contributed by atoms with E-state index < -0.39 is 5.60 Å². The third-order valence-electron chi connectivity index (χ3n) is 7.06. The maximum Gasteiger partial charge on any atom is 0.253 e. The van der Waals surface area contributed by atoms with Crippen LogP contribution in [0.3, 0.4) is 0 Å². The van der Waals surface area contributed by atoms with Crippen molar-refractivity contribution in [3.63, 3.8) is 0 Å². The number of nitriles is 1. The zero-order valence-electron chi connectivity index (χ0n) is 19.5. The molecule has 3 N–H and O–H groups in total. The molecule has 2 fully saturated rings. The lowest BCUT2D eigenvalue weighted by Gasteiger charge is -2.39. The van der Waals surface area contributed by atoms with Gasteiger partial charge in [-0.3, -0.25) is 4.79 Å². The summed E-state index contributed by atoms with van der Waals surface area (Å²) >= 11 is 0. The number of rotatable bonds is 5. The molecule has 3 aromatic rings. The Balaban J connectivity index is 1.37. The summed E-state index contributed by atoms with van der Waals surface area (Å²) in [7, 11) is 0. The van der Waals surface area contributed by atoms with Gasteiger partial charge >= 0.3 is 0 Å². The van der Waals surface area contributed by atoms with Gasteiger partial charge in [0.15, 0.2) is 0 Å². The van der Waals surface area contributed by atoms with Crippen molar-refractivity contribution in [1.29, 1.82) is 10.7 Å². The normalized spacial score (nSPS) is 17.5. The van der Waals surface area contributed by atoms with E-state index in [1.807, 2.05) is 54.3 Å². The highest BCUT2D eigenvalue weighted by atomic mass is 16.5. The van der Waals surface area contributed by atoms with E-state index in [1.165, 1.54) is 6.21 Å². The summed E-state index contributed by atoms with van der Waals surface area (Å²) in [6.07, 6.45) is 2.06. The number of aromatic amines is 1. The number of aryl methyl sites for hydroxylation is 1. The number of hydrogen-bond acceptors (Lipinski definition) is 6. The van der Waals surface area contributed by atoms with Crippen LogP contribution in [-0.2, 0) is 10.3 Å². The van der Waals surface area contributed by atoms with Crippen molar-refractivity contribution < 1.29 is 14.6 Å². The van der Waals surface area contributed by atoms with E-state index in [1.54, 1.807) is 0 Å². The van der Waals surface area contributed by atoms with Crippen molar-refractivity contribution in [3.05, 3.63) is 76.2 Å². The SMILES string of the molecule is Cc1ccc(C(=O)N2CC(c3ccc(C#N)cc3)C2)cc1-c1nc(C2(O)CCOCC2)[nH]c1C=N. The maximum atomic E-state index is 13.2. The van der Waals surface area contributed by atoms with Crippen LogP contribution in [0, 0.1) is 23.7 Å². The van der Waals surface area contributed by atoms with Crippen molar-refractivity contribution in [2.24, 2.45) is 0 Å². The second-order valence-electron chi connectivity index (χ2n) is 9.31. The molecule has 2 saturated heterocycles. The smallest absolute Gasteiger partial charge is 0.253 e. The summed E-state index contributed by atoms with van der Waals surface area (Å²) in [4.78, 5) is 22.8. The topological polar surface area (TPSA) is 126 Å². The molecule has 0 radical (unpaired) electrons. The highest BCUT2D eigenvalue weighted by molar-refractivity contribution is 5.97. The molecule has 0 saturated carbocycles. The van der Waals surface area contributed by atoms with E-state index in [-0.39, 0.29) is 11.8 Å². The first kappa shape index (κ1) is 23.0. The van der Waals surface area contributed by atoms with Gasteiger partial charge in [-0.15, -0.1) is 0 Å². The van der Waals surface area contributed by atoms with Crippen LogP contribution in [0.5, 0.6) is 0 Å². The molecule has 35 heavy (non-hydrogen) atoms. The number of amides is 1. The monoisotopic (exact) mass is 469 g/mol. The molecule has 0 atom stereocenters. The van der Waals surface area contributed by atoms with E-state index in [2.05, 4.69) is 11.1 Å². The molecule has 5 rings (SSSR count). The van der Waals surface area contributed by atoms with Gasteiger partial charge in [0.2, 0.25) is 0 Å². The number of benzene rings is 2. The molecule has 0 spiro atoms. The number of ether oxygens (including phenoxy) is 1. The highest BCUT2D eigenvalue weighted by Gasteiger charge is 2.36. The summed E-state index contributed by atoms with van der Waals surface area (Å²) in [6.45, 7) is 4.10. The summed E-state index contributed by atoms with van der Waals surface area (Å²) in [6, 6.07) is 15.2. The molecule has 0 aliphatic carbocycles. The van der Waals surface area contributed by atoms with Gasteiger partial charge in [-0.1, -0.05) is 18.2 Å². The fourth-order valence-corrected chi connectivity index (χ4v) is 4.74. The van der Waals surface area contributed by atoms with E-state index >= 15 is 0 Å². The third-order valence-corrected chi connectivity index (χ3v) is 7.06. The number of aliphatic hydroxyl groups is 1. The molecule has 178 valence electrons. The Bertz CT molecular complexity index is 1310. The molecule has 8 heteroatoms. The number of nitrogens with zero attached hydrogens (tertiary/aromatic N) is 3. The molecule has 1 aromatic heterocycles. The lowest BCUT2D eigenvalue weighted by Crippen LogP contribution is -2.48. The molecule has 0 unspecified atom stereocenters. The Morgan fingerprint density at radius 3 is 2.63 bits per heavy atom. The van der Waals surface area contributed by atoms with E-state index in [0.717, 1.165) is 16.7 Å². The number of likely N-dealkylation sites (tertiary alicyclic amines) is 1. The molecular weight excluding hydrogens is 442 g/mol. The largest absolute Gasteiger partial charge is 0.382 e. The van der Waals surface area contributed by atoms with Gasteiger partial charge in [0.05, 0.1) is 23.0 Å². The Morgan fingerprint density at radius 1 is 1.26 bits per heavy atom. The lowest BCUT2D eigenvalue weighted by molar-refractivity contribution is -0.0728. The highest BCUT2D eigenvalue weighted by Crippen LogP contribution is 2.34. The molecule has 1 amide bonds. The van der Waals surface area contributed by atoms with Gasteiger partial charge < -0.3 is 25.1 Å². The first-order valence-corrected chi connectivity index (χ1v) is 11.7. The number of imidazole rings is 1. The first-order valence-electron chi connectivity index (χ1n) is 11.7. The number of aromatic nitrogens is 2. The summed E-state index contributed by atoms with van der Waals surface area (Å²) < 4.78 is 5.38. The minimum absolute atomic E-state index is 0.0497. The Morgan fingerprint density at radius 2 is 1.97 bits per heavy atom. The van der Waals surface area contributed by atoms with Crippen molar-refractivity contribution in [1.82, 2.24) is 14.9 Å². The van der Waals surface area contributed by atoms with E-state index in [9.17, 15) is 9.90 Å². The number of nitrogens with one attached hydrogen (secondary N) is 2. The first-order chi connectivity index (χ1) is 16.9. The Kier molecular flexibility index (Phi) is 5.97. The quantitative estimate of drug-likeness (QED) is 0.493. The van der Waals surface area contributed by atoms with Gasteiger partial charge in [0, 0.05) is 62.4 Å². The fraction of sp³-hybridized carbons (Fsp3) is 0.333. The van der Waals surface area contributed by atoms with E-state index in [4.69, 9.17) is 20.4 Å². The third kappa shape index (κ3) is 4.25. The Hall–Kier alpha value is -3.80. The summed E-state index contributed by atoms with van der Waals surface area (Å²) in [5.41, 5.74) is 3.95. The average molecular weight is 470 g/mol. The summed E-state index contributed by atoms with van der Waals surface area (Å²) in [5.74, 6) is 0.639. The minimum Gasteiger partial charge on any atom is -0.382 e. The van der Waals surface area contributed by atoms with Gasteiger partial charge in [0.25, 0.3) is 5.91 Å². The lowest BCUT2D eigenvalue weighted by atomic mass is 9.90. The van der Waals surface area contributed by atoms with Crippen molar-refractivity contribution in [2.75, 3.05) is 26.3 Å². The van der Waals surface area contributed by atoms with Crippen LogP contribution in [0.2, 0.25) is 0 Å². The molecule has 0 bridgehead atoms. The zero-order chi connectivity index (χ0) is 24.6. The van der Waals surface area contributed by atoms with Crippen molar-refractivity contribution in [3.8, 4) is 17.3 Å². The van der Waals surface area contributed by atoms with Crippen LogP contribution in [-0.4, -0.2) is 58.4 Å². The molecule has 2 aromatic carbocycles. The van der Waals surface area contributed by atoms with Gasteiger partial charge in [0.1, 0.15) is 11.4 Å². The van der Waals surface area contributed by atoms with Gasteiger partial charge in [-0.05, 0) is 42.3 Å². The standard InChI is InChI=1S/C27H27N5O3/c1-17-2-5-20(25(33)32-15-21(16-32)19-6-3-18(13-28)4-7-19)12-22(17)24-23(14-29)30-26(31-24)27(34)8-10-35-11-9-27/h2-7,12,14,21,29,34H,8-11,15-16H2,1H3,(H,30,31). The molecule has 2 aliphatic heterocycles. The van der Waals surface area contributed by atoms with Crippen molar-refractivity contribution in [2.45, 2.75) is 31.3 Å². The average Bonchev–Trinajstić information content (AvgIpc) is 3.29.